The molecule has 1 N–H and O–H groups in total. The van der Waals surface area contributed by atoms with E-state index in [0.29, 0.717) is 11.6 Å². The maximum absolute atomic E-state index is 12.9. The van der Waals surface area contributed by atoms with Crippen LogP contribution in [0.2, 0.25) is 18.1 Å². The zero-order valence-electron chi connectivity index (χ0n) is 22.7. The molecule has 0 bridgehead atoms. The maximum Gasteiger partial charge on any atom is 0.417 e. The van der Waals surface area contributed by atoms with Crippen molar-refractivity contribution >= 4 is 30.9 Å². The van der Waals surface area contributed by atoms with Crippen molar-refractivity contribution in [3.8, 4) is 0 Å². The van der Waals surface area contributed by atoms with Crippen LogP contribution in [-0.4, -0.2) is 23.4 Å². The first-order valence-electron chi connectivity index (χ1n) is 13.0. The lowest BCUT2D eigenvalue weighted by Crippen LogP contribution is -2.49. The number of fused-ring (bicyclic) bond motifs is 1. The second-order valence-electron chi connectivity index (χ2n) is 12.9. The Morgan fingerprint density at radius 3 is 2.27 bits per heavy atom. The molecule has 2 aliphatic carbocycles. The minimum absolute atomic E-state index is 0.0384. The third kappa shape index (κ3) is 5.79. The third-order valence-electron chi connectivity index (χ3n) is 8.68. The minimum atomic E-state index is -4.44. The quantitative estimate of drug-likeness (QED) is 0.262. The molecular weight excluding hydrogens is 608 g/mol. The number of pyridine rings is 2. The van der Waals surface area contributed by atoms with Crippen LogP contribution in [0.25, 0.3) is 0 Å². The van der Waals surface area contributed by atoms with E-state index in [4.69, 9.17) is 9.41 Å². The molecule has 2 heterocycles. The van der Waals surface area contributed by atoms with Gasteiger partial charge in [-0.3, -0.25) is 9.97 Å². The van der Waals surface area contributed by atoms with E-state index >= 15 is 0 Å². The second kappa shape index (κ2) is 9.85. The fourth-order valence-corrected chi connectivity index (χ4v) is 7.74. The SMILES string of the molecule is CC(C)c1cc(I)c2c(n1)CC1(CC(C(O)c3ccc(C(F)(F)F)cn3)C1)C[C@@H]2O[Si](C)(C)C(C)(C)C. The van der Waals surface area contributed by atoms with Crippen LogP contribution in [0.1, 0.15) is 100 Å². The van der Waals surface area contributed by atoms with Gasteiger partial charge in [0.05, 0.1) is 23.5 Å². The summed E-state index contributed by atoms with van der Waals surface area (Å²) in [6.07, 6.45) is -1.31. The van der Waals surface area contributed by atoms with Gasteiger partial charge in [-0.25, -0.2) is 0 Å². The summed E-state index contributed by atoms with van der Waals surface area (Å²) < 4.78 is 47.0. The third-order valence-corrected chi connectivity index (χ3v) is 14.1. The highest BCUT2D eigenvalue weighted by molar-refractivity contribution is 14.1. The number of hydrogen-bond donors (Lipinski definition) is 1. The van der Waals surface area contributed by atoms with E-state index in [-0.39, 0.29) is 22.5 Å². The molecule has 0 aromatic carbocycles. The van der Waals surface area contributed by atoms with Crippen molar-refractivity contribution in [2.75, 3.05) is 0 Å². The number of halogens is 4. The first-order chi connectivity index (χ1) is 16.9. The van der Waals surface area contributed by atoms with Crippen molar-refractivity contribution in [1.82, 2.24) is 9.97 Å². The van der Waals surface area contributed by atoms with Crippen LogP contribution < -0.4 is 0 Å². The van der Waals surface area contributed by atoms with E-state index < -0.39 is 26.2 Å². The fraction of sp³-hybridized carbons (Fsp3) is 0.643. The van der Waals surface area contributed by atoms with Crippen molar-refractivity contribution < 1.29 is 22.7 Å². The first kappa shape index (κ1) is 29.0. The van der Waals surface area contributed by atoms with E-state index in [2.05, 4.69) is 81.4 Å². The standard InChI is InChI=1S/C28H38F3IN2O2Si/c1-16(2)21-10-19(32)24-22(34-21)13-27(14-23(24)36-37(6,7)26(3,4)5)11-17(12-27)25(35)20-9-8-18(15-33-20)28(29,30)31/h8-10,15-17,23,25,35H,11-14H2,1-7H3/t17?,23-,25?,27?/m0/s1. The molecular formula is C28H38F3IN2O2Si. The molecule has 204 valence electrons. The first-order valence-corrected chi connectivity index (χ1v) is 17.0. The van der Waals surface area contributed by atoms with Gasteiger partial charge in [0.1, 0.15) is 0 Å². The summed E-state index contributed by atoms with van der Waals surface area (Å²) in [5.74, 6) is 0.268. The van der Waals surface area contributed by atoms with Crippen LogP contribution in [0.5, 0.6) is 0 Å². The molecule has 4 rings (SSSR count). The number of alkyl halides is 3. The zero-order valence-corrected chi connectivity index (χ0v) is 25.9. The van der Waals surface area contributed by atoms with Crippen molar-refractivity contribution in [3.63, 3.8) is 0 Å². The fourth-order valence-electron chi connectivity index (χ4n) is 5.50. The largest absolute Gasteiger partial charge is 0.417 e. The highest BCUT2D eigenvalue weighted by Crippen LogP contribution is 2.60. The molecule has 1 spiro atoms. The Morgan fingerprint density at radius 2 is 1.76 bits per heavy atom. The number of hydrogen-bond acceptors (Lipinski definition) is 4. The normalized spacial score (nSPS) is 25.2. The summed E-state index contributed by atoms with van der Waals surface area (Å²) in [4.78, 5) is 9.05. The molecule has 1 fully saturated rings. The van der Waals surface area contributed by atoms with E-state index in [1.807, 2.05) is 0 Å². The molecule has 0 aliphatic heterocycles. The average molecular weight is 647 g/mol. The monoisotopic (exact) mass is 646 g/mol. The van der Waals surface area contributed by atoms with Gasteiger partial charge in [-0.05, 0) is 102 Å². The lowest BCUT2D eigenvalue weighted by molar-refractivity contribution is -0.137. The maximum atomic E-state index is 12.9. The molecule has 2 aromatic rings. The lowest BCUT2D eigenvalue weighted by atomic mass is 9.53. The van der Waals surface area contributed by atoms with Gasteiger partial charge in [0.15, 0.2) is 8.32 Å². The van der Waals surface area contributed by atoms with E-state index in [1.165, 1.54) is 15.2 Å². The summed E-state index contributed by atoms with van der Waals surface area (Å²) in [6.45, 7) is 15.6. The van der Waals surface area contributed by atoms with E-state index in [0.717, 1.165) is 49.3 Å². The van der Waals surface area contributed by atoms with Crippen molar-refractivity contribution in [3.05, 3.63) is 56.2 Å². The smallest absolute Gasteiger partial charge is 0.410 e. The molecule has 9 heteroatoms. The lowest BCUT2D eigenvalue weighted by Gasteiger charge is -2.54. The predicted octanol–water partition coefficient (Wildman–Crippen LogP) is 8.36. The van der Waals surface area contributed by atoms with Crippen LogP contribution >= 0.6 is 22.6 Å². The van der Waals surface area contributed by atoms with Crippen molar-refractivity contribution in [1.29, 1.82) is 0 Å². The van der Waals surface area contributed by atoms with Gasteiger partial charge in [0.2, 0.25) is 0 Å². The summed E-state index contributed by atoms with van der Waals surface area (Å²) in [5.41, 5.74) is 2.86. The predicted molar refractivity (Wildman–Crippen MR) is 150 cm³/mol. The Hall–Kier alpha value is -1.04. The van der Waals surface area contributed by atoms with E-state index in [1.54, 1.807) is 0 Å². The summed E-state index contributed by atoms with van der Waals surface area (Å²) in [5, 5.41) is 11.0. The van der Waals surface area contributed by atoms with Gasteiger partial charge >= 0.3 is 6.18 Å². The Balaban J connectivity index is 1.60. The Kier molecular flexibility index (Phi) is 7.71. The minimum Gasteiger partial charge on any atom is -0.410 e. The molecule has 2 aliphatic rings. The molecule has 1 saturated carbocycles. The van der Waals surface area contributed by atoms with E-state index in [9.17, 15) is 18.3 Å². The molecule has 0 saturated heterocycles. The van der Waals surface area contributed by atoms with Gasteiger partial charge in [-0.15, -0.1) is 0 Å². The van der Waals surface area contributed by atoms with Gasteiger partial charge < -0.3 is 9.53 Å². The highest BCUT2D eigenvalue weighted by atomic mass is 127. The van der Waals surface area contributed by atoms with Crippen molar-refractivity contribution in [2.24, 2.45) is 11.3 Å². The van der Waals surface area contributed by atoms with Gasteiger partial charge in [0, 0.05) is 26.7 Å². The van der Waals surface area contributed by atoms with Crippen LogP contribution in [0, 0.1) is 14.9 Å². The van der Waals surface area contributed by atoms with Crippen molar-refractivity contribution in [2.45, 2.75) is 103 Å². The summed E-state index contributed by atoms with van der Waals surface area (Å²) in [7, 11) is -2.07. The van der Waals surface area contributed by atoms with Gasteiger partial charge in [-0.1, -0.05) is 34.6 Å². The molecule has 2 atom stereocenters. The number of aromatic nitrogens is 2. The molecule has 4 nitrogen and oxygen atoms in total. The van der Waals surface area contributed by atoms with Crippen LogP contribution in [-0.2, 0) is 17.0 Å². The summed E-state index contributed by atoms with van der Waals surface area (Å²) >= 11 is 2.43. The van der Waals surface area contributed by atoms with Gasteiger partial charge in [-0.2, -0.15) is 13.2 Å². The van der Waals surface area contributed by atoms with Gasteiger partial charge in [0.25, 0.3) is 0 Å². The Labute approximate surface area is 233 Å². The topological polar surface area (TPSA) is 55.2 Å². The number of nitrogens with zero attached hydrogens (tertiary/aromatic N) is 2. The molecule has 0 radical (unpaired) electrons. The zero-order chi connectivity index (χ0) is 27.6. The van der Waals surface area contributed by atoms with Crippen LogP contribution in [0.15, 0.2) is 24.4 Å². The molecule has 2 aromatic heterocycles. The number of aliphatic hydroxyl groups is 1. The Morgan fingerprint density at radius 1 is 1.11 bits per heavy atom. The van der Waals surface area contributed by atoms with Crippen LogP contribution in [0.4, 0.5) is 13.2 Å². The summed E-state index contributed by atoms with van der Waals surface area (Å²) in [6, 6.07) is 4.49. The Bertz CT molecular complexity index is 1140. The molecule has 37 heavy (non-hydrogen) atoms. The average Bonchev–Trinajstić information content (AvgIpc) is 2.74. The number of aliphatic hydroxyl groups excluding tert-OH is 1. The second-order valence-corrected chi connectivity index (χ2v) is 18.8. The van der Waals surface area contributed by atoms with Crippen LogP contribution in [0.3, 0.4) is 0 Å². The number of rotatable bonds is 5. The highest BCUT2D eigenvalue weighted by Gasteiger charge is 2.53. The molecule has 0 amide bonds. The molecule has 1 unspecified atom stereocenters.